The van der Waals surface area contributed by atoms with Crippen LogP contribution in [0.4, 0.5) is 0 Å². The van der Waals surface area contributed by atoms with Gasteiger partial charge in [-0.05, 0) is 157 Å². The molecule has 6 aliphatic carbocycles. The third-order valence-electron chi connectivity index (χ3n) is 22.2. The van der Waals surface area contributed by atoms with Crippen LogP contribution in [0.3, 0.4) is 0 Å². The standard InChI is InChI=1S/C29H40Si.C24H36Si.C23H36Si/c1-10-21-17-25-23(16-24(21)20(2)22-14-12-11-13-15-22)18-26(30(7,8)9)29(25)27(3,4)19-28(29,5)6;1-10-12-17-13-14-20-19(18(17)11-2)15-21(25(7,8)9)24(20)22(3,4)16-23(24,5)6;1-10-11-17-12-13-19-18(16(17)2)14-20(24(7,8)9)23(19)21(3,4)15-22(23,5)6/h11-18,20H,10,19H2,1-9H3;10,12-15H,11,16H2,1-9H3;12-14H,10-11,15H2,1-9H3/b;12-10+;. The maximum Gasteiger partial charge on any atom is 0.0736 e. The predicted molar refractivity (Wildman–Crippen MR) is 361 cm³/mol. The van der Waals surface area contributed by atoms with Crippen molar-refractivity contribution in [3.8, 4) is 0 Å². The van der Waals surface area contributed by atoms with Crippen molar-refractivity contribution in [2.24, 2.45) is 32.5 Å². The Kier molecular flexibility index (Phi) is 15.4. The van der Waals surface area contributed by atoms with Gasteiger partial charge in [0, 0.05) is 22.2 Å². The largest absolute Gasteiger partial charge is 0.0871 e. The zero-order chi connectivity index (χ0) is 59.1. The normalized spacial score (nSPS) is 22.4. The quantitative estimate of drug-likeness (QED) is 0.139. The fourth-order valence-electron chi connectivity index (χ4n) is 20.9. The Morgan fingerprint density at radius 3 is 1.34 bits per heavy atom. The molecule has 0 radical (unpaired) electrons. The number of hydrogen-bond donors (Lipinski definition) is 0. The van der Waals surface area contributed by atoms with Crippen LogP contribution in [0, 0.1) is 39.4 Å². The molecular formula is C76H112Si3. The molecule has 3 spiro atoms. The van der Waals surface area contributed by atoms with Gasteiger partial charge in [-0.25, -0.2) is 0 Å². The van der Waals surface area contributed by atoms with Gasteiger partial charge in [-0.1, -0.05) is 289 Å². The van der Waals surface area contributed by atoms with Crippen molar-refractivity contribution in [1.29, 1.82) is 0 Å². The molecule has 4 aromatic carbocycles. The molecule has 0 amide bonds. The number of benzene rings is 4. The maximum atomic E-state index is 2.64. The Morgan fingerprint density at radius 2 is 0.924 bits per heavy atom. The predicted octanol–water partition coefficient (Wildman–Crippen LogP) is 22.5. The molecule has 3 heteroatoms. The van der Waals surface area contributed by atoms with Crippen LogP contribution in [0.15, 0.2) is 88.4 Å². The monoisotopic (exact) mass is 1110 g/mol. The van der Waals surface area contributed by atoms with E-state index in [0.717, 1.165) is 12.8 Å². The van der Waals surface area contributed by atoms with Gasteiger partial charge in [0.05, 0.1) is 24.2 Å². The van der Waals surface area contributed by atoms with Crippen LogP contribution < -0.4 is 0 Å². The Balaban J connectivity index is 0.000000157. The molecule has 6 aliphatic rings. The van der Waals surface area contributed by atoms with Crippen molar-refractivity contribution in [2.45, 2.75) is 251 Å². The van der Waals surface area contributed by atoms with Crippen LogP contribution in [-0.4, -0.2) is 24.2 Å². The third-order valence-corrected chi connectivity index (χ3v) is 28.6. The van der Waals surface area contributed by atoms with E-state index in [2.05, 4.69) is 281 Å². The van der Waals surface area contributed by atoms with E-state index < -0.39 is 24.2 Å². The highest BCUT2D eigenvalue weighted by molar-refractivity contribution is 6.85. The Bertz CT molecular complexity index is 3100. The minimum atomic E-state index is -1.48. The lowest BCUT2D eigenvalue weighted by molar-refractivity contribution is -0.0854. The Morgan fingerprint density at radius 1 is 0.494 bits per heavy atom. The van der Waals surface area contributed by atoms with Gasteiger partial charge in [0.15, 0.2) is 0 Å². The summed E-state index contributed by atoms with van der Waals surface area (Å²) in [4.78, 5) is 0. The van der Waals surface area contributed by atoms with Crippen molar-refractivity contribution < 1.29 is 0 Å². The second kappa shape index (κ2) is 19.8. The maximum absolute atomic E-state index is 2.64. The van der Waals surface area contributed by atoms with Crippen molar-refractivity contribution in [3.63, 3.8) is 0 Å². The van der Waals surface area contributed by atoms with E-state index in [9.17, 15) is 0 Å². The summed E-state index contributed by atoms with van der Waals surface area (Å²) in [6, 6.07) is 26.0. The summed E-state index contributed by atoms with van der Waals surface area (Å²) in [7, 11) is -4.32. The van der Waals surface area contributed by atoms with Gasteiger partial charge in [0.25, 0.3) is 0 Å². The first-order chi connectivity index (χ1) is 36.2. The molecule has 0 aliphatic heterocycles. The smallest absolute Gasteiger partial charge is 0.0736 e. The highest BCUT2D eigenvalue weighted by atomic mass is 28.3. The van der Waals surface area contributed by atoms with Gasteiger partial charge in [-0.2, -0.15) is 0 Å². The second-order valence-electron chi connectivity index (χ2n) is 33.1. The lowest BCUT2D eigenvalue weighted by atomic mass is 9.37. The van der Waals surface area contributed by atoms with Gasteiger partial charge in [0.2, 0.25) is 0 Å². The summed E-state index contributed by atoms with van der Waals surface area (Å²) in [5.74, 6) is 0.425. The molecular weight excluding hydrogens is 997 g/mol. The molecule has 428 valence electrons. The van der Waals surface area contributed by atoms with E-state index in [4.69, 9.17) is 0 Å². The van der Waals surface area contributed by atoms with Gasteiger partial charge in [0.1, 0.15) is 0 Å². The van der Waals surface area contributed by atoms with Crippen molar-refractivity contribution in [3.05, 3.63) is 161 Å². The molecule has 4 aromatic rings. The second-order valence-corrected chi connectivity index (χ2v) is 48.3. The number of hydrogen-bond acceptors (Lipinski definition) is 0. The minimum Gasteiger partial charge on any atom is -0.0871 e. The van der Waals surface area contributed by atoms with Crippen LogP contribution in [0.2, 0.25) is 58.9 Å². The number of rotatable bonds is 10. The molecule has 3 fully saturated rings. The fraction of sp³-hybridized carbons (Fsp3) is 0.579. The summed E-state index contributed by atoms with van der Waals surface area (Å²) < 4.78 is 0. The molecule has 0 nitrogen and oxygen atoms in total. The van der Waals surface area contributed by atoms with E-state index in [1.54, 1.807) is 60.1 Å². The van der Waals surface area contributed by atoms with Gasteiger partial charge in [-0.3, -0.25) is 0 Å². The molecule has 3 saturated carbocycles. The van der Waals surface area contributed by atoms with Crippen LogP contribution in [0.1, 0.15) is 222 Å². The van der Waals surface area contributed by atoms with Crippen LogP contribution in [-0.2, 0) is 35.5 Å². The molecule has 0 aromatic heterocycles. The summed E-state index contributed by atoms with van der Waals surface area (Å²) in [5, 5.41) is 5.35. The summed E-state index contributed by atoms with van der Waals surface area (Å²) in [5.41, 5.74) is 22.7. The van der Waals surface area contributed by atoms with Crippen LogP contribution >= 0.6 is 0 Å². The molecule has 0 N–H and O–H groups in total. The fourth-order valence-corrected chi connectivity index (χ4v) is 28.5. The first kappa shape index (κ1) is 61.6. The Hall–Kier alpha value is -3.51. The topological polar surface area (TPSA) is 0 Å². The van der Waals surface area contributed by atoms with E-state index in [0.29, 0.717) is 38.4 Å². The zero-order valence-electron chi connectivity index (χ0n) is 55.8. The lowest BCUT2D eigenvalue weighted by Crippen LogP contribution is -2.66. The molecule has 1 unspecified atom stereocenters. The zero-order valence-corrected chi connectivity index (χ0v) is 58.8. The number of allylic oxidation sites excluding steroid dienone is 4. The summed E-state index contributed by atoms with van der Waals surface area (Å²) in [6.07, 6.45) is 20.9. The lowest BCUT2D eigenvalue weighted by Gasteiger charge is -2.69. The Labute approximate surface area is 489 Å². The number of aryl methyl sites for hydroxylation is 2. The highest BCUT2D eigenvalue weighted by Crippen LogP contribution is 2.77. The van der Waals surface area contributed by atoms with Gasteiger partial charge in [-0.15, -0.1) is 0 Å². The highest BCUT2D eigenvalue weighted by Gasteiger charge is 2.73. The van der Waals surface area contributed by atoms with Crippen molar-refractivity contribution in [2.75, 3.05) is 0 Å². The molecule has 0 heterocycles. The third kappa shape index (κ3) is 8.83. The SMILES string of the molecule is C/C=C/c1ccc2c(c1CC)C=C([Si](C)(C)C)C21C(C)(C)CC1(C)C.CCCc1ccc2c(c1C)C=C([Si](C)(C)C)C21C(C)(C)CC1(C)C.CCc1cc2c(cc1C(C)c1ccccc1)C=C([Si](C)(C)C)C21C(C)(C)CC1(C)C. The van der Waals surface area contributed by atoms with E-state index >= 15 is 0 Å². The van der Waals surface area contributed by atoms with Crippen molar-refractivity contribution >= 4 is 48.5 Å². The van der Waals surface area contributed by atoms with Crippen LogP contribution in [0.25, 0.3) is 24.3 Å². The summed E-state index contributed by atoms with van der Waals surface area (Å²) in [6.45, 7) is 66.8. The van der Waals surface area contributed by atoms with E-state index in [1.165, 1.54) is 59.9 Å². The van der Waals surface area contributed by atoms with Gasteiger partial charge < -0.3 is 0 Å². The molecule has 10 rings (SSSR count). The van der Waals surface area contributed by atoms with Gasteiger partial charge >= 0.3 is 0 Å². The summed E-state index contributed by atoms with van der Waals surface area (Å²) >= 11 is 0. The molecule has 0 bridgehead atoms. The first-order valence-electron chi connectivity index (χ1n) is 31.5. The van der Waals surface area contributed by atoms with Crippen LogP contribution in [0.5, 0.6) is 0 Å². The van der Waals surface area contributed by atoms with E-state index in [1.807, 2.05) is 0 Å². The average Bonchev–Trinajstić information content (AvgIpc) is 2.68. The first-order valence-corrected chi connectivity index (χ1v) is 42.0. The number of fused-ring (bicyclic) bond motifs is 6. The molecule has 79 heavy (non-hydrogen) atoms. The average molecular weight is 1110 g/mol. The molecule has 0 saturated heterocycles. The minimum absolute atomic E-state index is 0.193. The molecule has 1 atom stereocenters. The van der Waals surface area contributed by atoms with E-state index in [-0.39, 0.29) is 16.2 Å². The van der Waals surface area contributed by atoms with Crippen molar-refractivity contribution in [1.82, 2.24) is 0 Å².